The van der Waals surface area contributed by atoms with E-state index >= 15 is 0 Å². The highest BCUT2D eigenvalue weighted by atomic mass is 16.5. The van der Waals surface area contributed by atoms with Crippen molar-refractivity contribution in [2.75, 3.05) is 14.2 Å². The molecule has 0 bridgehead atoms. The Hall–Kier alpha value is -2.76. The normalized spacial score (nSPS) is 21.9. The lowest BCUT2D eigenvalue weighted by Crippen LogP contribution is -2.39. The third-order valence-electron chi connectivity index (χ3n) is 5.57. The SMILES string of the molecule is COc1cc2c(c3c(OC)cccc13)CCC(C)(C(=O)O)C2CC(=O)O. The number of hydrogen-bond acceptors (Lipinski definition) is 4. The van der Waals surface area contributed by atoms with Crippen molar-refractivity contribution < 1.29 is 29.3 Å². The Morgan fingerprint density at radius 3 is 2.46 bits per heavy atom. The number of carbonyl (C=O) groups is 2. The van der Waals surface area contributed by atoms with Crippen molar-refractivity contribution in [3.8, 4) is 11.5 Å². The van der Waals surface area contributed by atoms with Crippen molar-refractivity contribution in [3.63, 3.8) is 0 Å². The highest BCUT2D eigenvalue weighted by Crippen LogP contribution is 2.52. The van der Waals surface area contributed by atoms with E-state index in [9.17, 15) is 19.8 Å². The van der Waals surface area contributed by atoms with E-state index in [-0.39, 0.29) is 6.42 Å². The van der Waals surface area contributed by atoms with Crippen molar-refractivity contribution in [1.29, 1.82) is 0 Å². The zero-order valence-electron chi connectivity index (χ0n) is 15.0. The van der Waals surface area contributed by atoms with E-state index in [1.165, 1.54) is 0 Å². The van der Waals surface area contributed by atoms with Gasteiger partial charge < -0.3 is 19.7 Å². The Balaban J connectivity index is 2.36. The largest absolute Gasteiger partial charge is 0.496 e. The number of aryl methyl sites for hydroxylation is 1. The minimum Gasteiger partial charge on any atom is -0.496 e. The van der Waals surface area contributed by atoms with Crippen molar-refractivity contribution >= 4 is 22.7 Å². The van der Waals surface area contributed by atoms with Gasteiger partial charge in [-0.2, -0.15) is 0 Å². The lowest BCUT2D eigenvalue weighted by atomic mass is 9.63. The molecule has 0 radical (unpaired) electrons. The number of carboxylic acids is 2. The molecule has 2 unspecified atom stereocenters. The van der Waals surface area contributed by atoms with Crippen LogP contribution in [0, 0.1) is 5.41 Å². The summed E-state index contributed by atoms with van der Waals surface area (Å²) >= 11 is 0. The molecule has 2 atom stereocenters. The fraction of sp³-hybridized carbons (Fsp3) is 0.400. The molecule has 6 nitrogen and oxygen atoms in total. The van der Waals surface area contributed by atoms with E-state index in [2.05, 4.69) is 0 Å². The maximum absolute atomic E-state index is 12.0. The maximum atomic E-state index is 12.0. The van der Waals surface area contributed by atoms with Gasteiger partial charge in [0.15, 0.2) is 0 Å². The Morgan fingerprint density at radius 1 is 1.19 bits per heavy atom. The number of aliphatic carboxylic acids is 2. The van der Waals surface area contributed by atoms with Crippen molar-refractivity contribution in [2.45, 2.75) is 32.1 Å². The van der Waals surface area contributed by atoms with Crippen LogP contribution in [0.15, 0.2) is 24.3 Å². The van der Waals surface area contributed by atoms with E-state index in [0.717, 1.165) is 21.9 Å². The molecular formula is C20H22O6. The summed E-state index contributed by atoms with van der Waals surface area (Å²) in [6.07, 6.45) is 0.654. The predicted molar refractivity (Wildman–Crippen MR) is 96.1 cm³/mol. The molecule has 1 aliphatic carbocycles. The first-order valence-electron chi connectivity index (χ1n) is 8.45. The maximum Gasteiger partial charge on any atom is 0.309 e. The zero-order valence-corrected chi connectivity index (χ0v) is 15.0. The second kappa shape index (κ2) is 6.52. The van der Waals surface area contributed by atoms with Gasteiger partial charge in [0.1, 0.15) is 11.5 Å². The van der Waals surface area contributed by atoms with Crippen molar-refractivity contribution in [1.82, 2.24) is 0 Å². The van der Waals surface area contributed by atoms with E-state index < -0.39 is 23.3 Å². The molecule has 1 aliphatic rings. The molecule has 0 fully saturated rings. The van der Waals surface area contributed by atoms with Crippen LogP contribution < -0.4 is 9.47 Å². The third kappa shape index (κ3) is 2.66. The van der Waals surface area contributed by atoms with Crippen LogP contribution in [0.2, 0.25) is 0 Å². The standard InChI is InChI=1S/C20H22O6/c1-20(19(23)24)8-7-11-13(14(20)10-17(21)22)9-16(26-3)12-5-4-6-15(25-2)18(11)12/h4-6,9,14H,7-8,10H2,1-3H3,(H,21,22)(H,23,24). The number of benzene rings is 2. The van der Waals surface area contributed by atoms with Crippen LogP contribution in [0.1, 0.15) is 36.8 Å². The first-order chi connectivity index (χ1) is 12.3. The highest BCUT2D eigenvalue weighted by Gasteiger charge is 2.47. The molecule has 138 valence electrons. The van der Waals surface area contributed by atoms with Gasteiger partial charge >= 0.3 is 11.9 Å². The summed E-state index contributed by atoms with van der Waals surface area (Å²) in [7, 11) is 3.13. The summed E-state index contributed by atoms with van der Waals surface area (Å²) in [5.74, 6) is -1.39. The van der Waals surface area contributed by atoms with Gasteiger partial charge in [0, 0.05) is 16.7 Å². The first-order valence-corrected chi connectivity index (χ1v) is 8.45. The third-order valence-corrected chi connectivity index (χ3v) is 5.57. The lowest BCUT2D eigenvalue weighted by Gasteiger charge is -2.39. The molecule has 3 rings (SSSR count). The summed E-state index contributed by atoms with van der Waals surface area (Å²) < 4.78 is 11.0. The summed E-state index contributed by atoms with van der Waals surface area (Å²) in [6, 6.07) is 7.44. The zero-order chi connectivity index (χ0) is 19.1. The predicted octanol–water partition coefficient (Wildman–Crippen LogP) is 3.45. The average Bonchev–Trinajstić information content (AvgIpc) is 2.62. The van der Waals surface area contributed by atoms with Gasteiger partial charge in [0.05, 0.1) is 26.1 Å². The first kappa shape index (κ1) is 18.0. The Morgan fingerprint density at radius 2 is 1.88 bits per heavy atom. The van der Waals surface area contributed by atoms with E-state index in [1.54, 1.807) is 27.2 Å². The Kier molecular flexibility index (Phi) is 4.52. The van der Waals surface area contributed by atoms with Gasteiger partial charge in [-0.3, -0.25) is 9.59 Å². The second-order valence-electron chi connectivity index (χ2n) is 6.90. The molecule has 0 aromatic heterocycles. The summed E-state index contributed by atoms with van der Waals surface area (Å²) in [4.78, 5) is 23.5. The van der Waals surface area contributed by atoms with Crippen LogP contribution in [0.4, 0.5) is 0 Å². The smallest absolute Gasteiger partial charge is 0.309 e. The molecule has 26 heavy (non-hydrogen) atoms. The number of hydrogen-bond donors (Lipinski definition) is 2. The van der Waals surface area contributed by atoms with Crippen LogP contribution in [-0.4, -0.2) is 36.4 Å². The van der Waals surface area contributed by atoms with Crippen LogP contribution in [0.3, 0.4) is 0 Å². The van der Waals surface area contributed by atoms with E-state index in [4.69, 9.17) is 9.47 Å². The summed E-state index contributed by atoms with van der Waals surface area (Å²) in [5, 5.41) is 20.9. The van der Waals surface area contributed by atoms with Crippen molar-refractivity contribution in [3.05, 3.63) is 35.4 Å². The average molecular weight is 358 g/mol. The van der Waals surface area contributed by atoms with Crippen LogP contribution in [0.5, 0.6) is 11.5 Å². The Bertz CT molecular complexity index is 887. The molecule has 0 saturated carbocycles. The lowest BCUT2D eigenvalue weighted by molar-refractivity contribution is -0.151. The number of carboxylic acid groups (broad SMARTS) is 2. The second-order valence-corrected chi connectivity index (χ2v) is 6.90. The molecule has 2 N–H and O–H groups in total. The Labute approximate surface area is 151 Å². The van der Waals surface area contributed by atoms with Gasteiger partial charge in [0.2, 0.25) is 0 Å². The molecule has 0 heterocycles. The molecule has 2 aromatic rings. The van der Waals surface area contributed by atoms with Crippen molar-refractivity contribution in [2.24, 2.45) is 5.41 Å². The van der Waals surface area contributed by atoms with Crippen LogP contribution in [0.25, 0.3) is 10.8 Å². The fourth-order valence-corrected chi connectivity index (χ4v) is 4.09. The minimum absolute atomic E-state index is 0.250. The highest BCUT2D eigenvalue weighted by molar-refractivity contribution is 5.97. The van der Waals surface area contributed by atoms with E-state index in [0.29, 0.717) is 24.3 Å². The number of rotatable bonds is 5. The molecular weight excluding hydrogens is 336 g/mol. The fourth-order valence-electron chi connectivity index (χ4n) is 4.09. The summed E-state index contributed by atoms with van der Waals surface area (Å²) in [5.41, 5.74) is 0.521. The van der Waals surface area contributed by atoms with Crippen LogP contribution in [-0.2, 0) is 16.0 Å². The monoisotopic (exact) mass is 358 g/mol. The van der Waals surface area contributed by atoms with Gasteiger partial charge in [0.25, 0.3) is 0 Å². The quantitative estimate of drug-likeness (QED) is 0.850. The topological polar surface area (TPSA) is 93.1 Å². The molecule has 2 aromatic carbocycles. The molecule has 0 amide bonds. The summed E-state index contributed by atoms with van der Waals surface area (Å²) in [6.45, 7) is 1.63. The van der Waals surface area contributed by atoms with Gasteiger partial charge in [-0.05, 0) is 43.0 Å². The van der Waals surface area contributed by atoms with Crippen LogP contribution >= 0.6 is 0 Å². The van der Waals surface area contributed by atoms with E-state index in [1.807, 2.05) is 18.2 Å². The molecule has 0 saturated heterocycles. The molecule has 6 heteroatoms. The van der Waals surface area contributed by atoms with Gasteiger partial charge in [-0.25, -0.2) is 0 Å². The number of methoxy groups -OCH3 is 2. The molecule has 0 spiro atoms. The van der Waals surface area contributed by atoms with Gasteiger partial charge in [-0.15, -0.1) is 0 Å². The number of ether oxygens (including phenoxy) is 2. The number of fused-ring (bicyclic) bond motifs is 3. The minimum atomic E-state index is -1.15. The van der Waals surface area contributed by atoms with Gasteiger partial charge in [-0.1, -0.05) is 12.1 Å². The molecule has 0 aliphatic heterocycles.